The monoisotopic (exact) mass is 344 g/mol. The Kier molecular flexibility index (Phi) is 5.62. The molecule has 134 valence electrons. The molecule has 0 saturated carbocycles. The fraction of sp³-hybridized carbons (Fsp3) is 0.471. The molecule has 2 N–H and O–H groups in total. The average molecular weight is 344 g/mol. The maximum Gasteiger partial charge on any atom is 0.273 e. The molecule has 0 atom stereocenters. The van der Waals surface area contributed by atoms with Gasteiger partial charge in [-0.3, -0.25) is 9.69 Å². The van der Waals surface area contributed by atoms with E-state index in [1.165, 1.54) is 0 Å². The Labute approximate surface area is 147 Å². The SMILES string of the molecule is COc1ccc(-n2nnc(C(=O)NCCN3CCNCC3)c2C)cc1. The summed E-state index contributed by atoms with van der Waals surface area (Å²) >= 11 is 0. The molecule has 1 amide bonds. The minimum atomic E-state index is -0.188. The van der Waals surface area contributed by atoms with Gasteiger partial charge in [0, 0.05) is 39.3 Å². The Bertz CT molecular complexity index is 706. The first kappa shape index (κ1) is 17.4. The molecule has 2 heterocycles. The van der Waals surface area contributed by atoms with Crippen molar-refractivity contribution >= 4 is 5.91 Å². The number of nitrogens with zero attached hydrogens (tertiary/aromatic N) is 4. The molecule has 0 radical (unpaired) electrons. The fourth-order valence-electron chi connectivity index (χ4n) is 2.85. The highest BCUT2D eigenvalue weighted by Crippen LogP contribution is 2.16. The molecular weight excluding hydrogens is 320 g/mol. The molecular formula is C17H24N6O2. The van der Waals surface area contributed by atoms with Crippen LogP contribution < -0.4 is 15.4 Å². The van der Waals surface area contributed by atoms with Gasteiger partial charge in [-0.15, -0.1) is 5.10 Å². The zero-order chi connectivity index (χ0) is 17.6. The van der Waals surface area contributed by atoms with E-state index in [9.17, 15) is 4.79 Å². The van der Waals surface area contributed by atoms with Crippen LogP contribution in [0.1, 0.15) is 16.2 Å². The molecule has 1 aliphatic rings. The number of carbonyl (C=O) groups is 1. The predicted molar refractivity (Wildman–Crippen MR) is 94.3 cm³/mol. The number of hydrogen-bond acceptors (Lipinski definition) is 6. The predicted octanol–water partition coefficient (Wildman–Crippen LogP) is 0.219. The lowest BCUT2D eigenvalue weighted by atomic mass is 10.2. The largest absolute Gasteiger partial charge is 0.497 e. The van der Waals surface area contributed by atoms with E-state index in [2.05, 4.69) is 25.8 Å². The molecule has 1 aromatic heterocycles. The van der Waals surface area contributed by atoms with Crippen molar-refractivity contribution in [3.63, 3.8) is 0 Å². The first-order valence-electron chi connectivity index (χ1n) is 8.47. The highest BCUT2D eigenvalue weighted by atomic mass is 16.5. The first-order chi connectivity index (χ1) is 12.2. The van der Waals surface area contributed by atoms with Crippen molar-refractivity contribution in [1.29, 1.82) is 0 Å². The van der Waals surface area contributed by atoms with Gasteiger partial charge in [0.05, 0.1) is 18.5 Å². The maximum absolute atomic E-state index is 12.4. The molecule has 2 aromatic rings. The Morgan fingerprint density at radius 2 is 2.00 bits per heavy atom. The quantitative estimate of drug-likeness (QED) is 0.780. The van der Waals surface area contributed by atoms with E-state index in [4.69, 9.17) is 4.74 Å². The van der Waals surface area contributed by atoms with E-state index in [1.807, 2.05) is 31.2 Å². The summed E-state index contributed by atoms with van der Waals surface area (Å²) in [5.74, 6) is 0.583. The van der Waals surface area contributed by atoms with Crippen molar-refractivity contribution in [1.82, 2.24) is 30.5 Å². The molecule has 3 rings (SSSR count). The second kappa shape index (κ2) is 8.09. The van der Waals surface area contributed by atoms with Crippen molar-refractivity contribution in [2.45, 2.75) is 6.92 Å². The molecule has 0 unspecified atom stereocenters. The van der Waals surface area contributed by atoms with Gasteiger partial charge in [-0.25, -0.2) is 4.68 Å². The van der Waals surface area contributed by atoms with Gasteiger partial charge >= 0.3 is 0 Å². The molecule has 1 fully saturated rings. The van der Waals surface area contributed by atoms with Crippen LogP contribution in [-0.2, 0) is 0 Å². The topological polar surface area (TPSA) is 84.3 Å². The van der Waals surface area contributed by atoms with Gasteiger partial charge in [-0.05, 0) is 31.2 Å². The third kappa shape index (κ3) is 4.15. The van der Waals surface area contributed by atoms with Gasteiger partial charge in [-0.1, -0.05) is 5.21 Å². The highest BCUT2D eigenvalue weighted by Gasteiger charge is 2.17. The summed E-state index contributed by atoms with van der Waals surface area (Å²) in [4.78, 5) is 14.7. The van der Waals surface area contributed by atoms with Crippen LogP contribution in [0.25, 0.3) is 5.69 Å². The van der Waals surface area contributed by atoms with Gasteiger partial charge in [0.15, 0.2) is 5.69 Å². The number of benzene rings is 1. The van der Waals surface area contributed by atoms with Crippen molar-refractivity contribution in [3.8, 4) is 11.4 Å². The van der Waals surface area contributed by atoms with Crippen LogP contribution in [0.15, 0.2) is 24.3 Å². The number of aromatic nitrogens is 3. The van der Waals surface area contributed by atoms with Crippen LogP contribution >= 0.6 is 0 Å². The van der Waals surface area contributed by atoms with Crippen LogP contribution in [0.5, 0.6) is 5.75 Å². The molecule has 0 spiro atoms. The third-order valence-electron chi connectivity index (χ3n) is 4.35. The Morgan fingerprint density at radius 1 is 1.28 bits per heavy atom. The van der Waals surface area contributed by atoms with Crippen LogP contribution in [0.3, 0.4) is 0 Å². The molecule has 25 heavy (non-hydrogen) atoms. The standard InChI is InChI=1S/C17H24N6O2/c1-13-16(17(24)19-9-12-22-10-7-18-8-11-22)20-21-23(13)14-3-5-15(25-2)6-4-14/h3-6,18H,7-12H2,1-2H3,(H,19,24). The lowest BCUT2D eigenvalue weighted by Gasteiger charge is -2.26. The smallest absolute Gasteiger partial charge is 0.273 e. The number of piperazine rings is 1. The fourth-order valence-corrected chi connectivity index (χ4v) is 2.85. The van der Waals surface area contributed by atoms with Crippen molar-refractivity contribution in [3.05, 3.63) is 35.7 Å². The number of carbonyl (C=O) groups excluding carboxylic acids is 1. The minimum Gasteiger partial charge on any atom is -0.497 e. The molecule has 0 aliphatic carbocycles. The van der Waals surface area contributed by atoms with E-state index >= 15 is 0 Å². The number of hydrogen-bond donors (Lipinski definition) is 2. The van der Waals surface area contributed by atoms with Crippen molar-refractivity contribution in [2.75, 3.05) is 46.4 Å². The second-order valence-electron chi connectivity index (χ2n) is 5.98. The normalized spacial score (nSPS) is 15.1. The van der Waals surface area contributed by atoms with Gasteiger partial charge in [-0.2, -0.15) is 0 Å². The Hall–Kier alpha value is -2.45. The third-order valence-corrected chi connectivity index (χ3v) is 4.35. The molecule has 8 heteroatoms. The summed E-state index contributed by atoms with van der Waals surface area (Å²) in [5.41, 5.74) is 1.91. The maximum atomic E-state index is 12.4. The molecule has 0 bridgehead atoms. The Morgan fingerprint density at radius 3 is 2.68 bits per heavy atom. The molecule has 1 saturated heterocycles. The minimum absolute atomic E-state index is 0.188. The summed E-state index contributed by atoms with van der Waals surface area (Å²) in [5, 5.41) is 14.4. The number of methoxy groups -OCH3 is 1. The van der Waals surface area contributed by atoms with Crippen LogP contribution in [0, 0.1) is 6.92 Å². The highest BCUT2D eigenvalue weighted by molar-refractivity contribution is 5.93. The summed E-state index contributed by atoms with van der Waals surface area (Å²) in [6.45, 7) is 7.33. The van der Waals surface area contributed by atoms with E-state index in [1.54, 1.807) is 11.8 Å². The number of ether oxygens (including phenoxy) is 1. The molecule has 1 aliphatic heterocycles. The number of rotatable bonds is 6. The number of amides is 1. The molecule has 1 aromatic carbocycles. The Balaban J connectivity index is 1.60. The lowest BCUT2D eigenvalue weighted by molar-refractivity contribution is 0.0941. The summed E-state index contributed by atoms with van der Waals surface area (Å²) in [7, 11) is 1.62. The molecule has 8 nitrogen and oxygen atoms in total. The van der Waals surface area contributed by atoms with Crippen molar-refractivity contribution < 1.29 is 9.53 Å². The van der Waals surface area contributed by atoms with Crippen LogP contribution in [-0.4, -0.2) is 72.2 Å². The van der Waals surface area contributed by atoms with Crippen molar-refractivity contribution in [2.24, 2.45) is 0 Å². The summed E-state index contributed by atoms with van der Waals surface area (Å²) in [6.07, 6.45) is 0. The first-order valence-corrected chi connectivity index (χ1v) is 8.47. The second-order valence-corrected chi connectivity index (χ2v) is 5.98. The lowest BCUT2D eigenvalue weighted by Crippen LogP contribution is -2.46. The van der Waals surface area contributed by atoms with E-state index in [0.29, 0.717) is 17.9 Å². The van der Waals surface area contributed by atoms with E-state index in [0.717, 1.165) is 44.2 Å². The zero-order valence-corrected chi connectivity index (χ0v) is 14.7. The van der Waals surface area contributed by atoms with E-state index < -0.39 is 0 Å². The van der Waals surface area contributed by atoms with E-state index in [-0.39, 0.29) is 5.91 Å². The number of nitrogens with one attached hydrogen (secondary N) is 2. The zero-order valence-electron chi connectivity index (χ0n) is 14.7. The van der Waals surface area contributed by atoms with Gasteiger partial charge in [0.2, 0.25) is 0 Å². The van der Waals surface area contributed by atoms with Crippen LogP contribution in [0.4, 0.5) is 0 Å². The van der Waals surface area contributed by atoms with Gasteiger partial charge in [0.1, 0.15) is 5.75 Å². The average Bonchev–Trinajstić information content (AvgIpc) is 3.04. The van der Waals surface area contributed by atoms with Gasteiger partial charge < -0.3 is 15.4 Å². The summed E-state index contributed by atoms with van der Waals surface area (Å²) in [6, 6.07) is 7.46. The summed E-state index contributed by atoms with van der Waals surface area (Å²) < 4.78 is 6.81. The van der Waals surface area contributed by atoms with Gasteiger partial charge in [0.25, 0.3) is 5.91 Å². The van der Waals surface area contributed by atoms with Crippen LogP contribution in [0.2, 0.25) is 0 Å².